The minimum atomic E-state index is 0.657. The molecule has 0 amide bonds. The van der Waals surface area contributed by atoms with Crippen LogP contribution in [0.25, 0.3) is 0 Å². The van der Waals surface area contributed by atoms with Gasteiger partial charge in [-0.25, -0.2) is 0 Å². The van der Waals surface area contributed by atoms with E-state index in [1.165, 1.54) is 44.7 Å². The fourth-order valence-corrected chi connectivity index (χ4v) is 3.70. The molecule has 2 heterocycles. The van der Waals surface area contributed by atoms with Crippen LogP contribution in [0.15, 0.2) is 24.3 Å². The van der Waals surface area contributed by atoms with Crippen molar-refractivity contribution in [2.24, 2.45) is 0 Å². The molecule has 116 valence electrons. The first-order valence-corrected chi connectivity index (χ1v) is 8.53. The maximum Gasteiger partial charge on any atom is 0.0208 e. The maximum atomic E-state index is 3.58. The second-order valence-corrected chi connectivity index (χ2v) is 6.62. The highest BCUT2D eigenvalue weighted by Crippen LogP contribution is 2.25. The van der Waals surface area contributed by atoms with Crippen molar-refractivity contribution in [2.75, 3.05) is 39.3 Å². The molecule has 3 nitrogen and oxygen atoms in total. The smallest absolute Gasteiger partial charge is 0.0208 e. The van der Waals surface area contributed by atoms with E-state index in [4.69, 9.17) is 0 Å². The number of nitrogens with zero attached hydrogens (tertiary/aromatic N) is 2. The van der Waals surface area contributed by atoms with E-state index in [9.17, 15) is 0 Å². The van der Waals surface area contributed by atoms with Crippen LogP contribution in [0.5, 0.6) is 0 Å². The van der Waals surface area contributed by atoms with Crippen LogP contribution in [0.4, 0.5) is 0 Å². The molecule has 0 saturated carbocycles. The standard InChI is InChI=1S/C18H29N3/c1-3-15(2)21-10-8-20(9-11-21)14-17-13-19-12-16-6-4-5-7-18(16)17/h4-7,15,17,19H,3,8-14H2,1-2H3. The molecule has 2 unspecified atom stereocenters. The SMILES string of the molecule is CCC(C)N1CCN(CC2CNCc3ccccc32)CC1. The van der Waals surface area contributed by atoms with Gasteiger partial charge in [0.05, 0.1) is 0 Å². The lowest BCUT2D eigenvalue weighted by molar-refractivity contribution is 0.0958. The van der Waals surface area contributed by atoms with E-state index < -0.39 is 0 Å². The van der Waals surface area contributed by atoms with E-state index in [1.54, 1.807) is 5.56 Å². The van der Waals surface area contributed by atoms with E-state index in [-0.39, 0.29) is 0 Å². The Kier molecular flexibility index (Phi) is 4.94. The Morgan fingerprint density at radius 2 is 1.95 bits per heavy atom. The van der Waals surface area contributed by atoms with E-state index >= 15 is 0 Å². The van der Waals surface area contributed by atoms with Crippen molar-refractivity contribution >= 4 is 0 Å². The lowest BCUT2D eigenvalue weighted by Crippen LogP contribution is -2.51. The van der Waals surface area contributed by atoms with E-state index in [1.807, 2.05) is 0 Å². The zero-order chi connectivity index (χ0) is 14.7. The van der Waals surface area contributed by atoms with Crippen molar-refractivity contribution in [3.05, 3.63) is 35.4 Å². The summed E-state index contributed by atoms with van der Waals surface area (Å²) in [7, 11) is 0. The summed E-state index contributed by atoms with van der Waals surface area (Å²) in [4.78, 5) is 5.30. The fraction of sp³-hybridized carbons (Fsp3) is 0.667. The summed E-state index contributed by atoms with van der Waals surface area (Å²) in [6, 6.07) is 9.70. The van der Waals surface area contributed by atoms with Gasteiger partial charge in [0.15, 0.2) is 0 Å². The molecule has 0 radical (unpaired) electrons. The molecule has 1 saturated heterocycles. The minimum absolute atomic E-state index is 0.657. The van der Waals surface area contributed by atoms with Gasteiger partial charge < -0.3 is 10.2 Å². The molecule has 1 N–H and O–H groups in total. The zero-order valence-electron chi connectivity index (χ0n) is 13.5. The van der Waals surface area contributed by atoms with Crippen LogP contribution in [-0.4, -0.2) is 55.1 Å². The number of rotatable bonds is 4. The van der Waals surface area contributed by atoms with Crippen LogP contribution in [0.3, 0.4) is 0 Å². The Balaban J connectivity index is 1.57. The van der Waals surface area contributed by atoms with Crippen LogP contribution in [-0.2, 0) is 6.54 Å². The largest absolute Gasteiger partial charge is 0.312 e. The molecule has 3 heteroatoms. The lowest BCUT2D eigenvalue weighted by Gasteiger charge is -2.40. The highest BCUT2D eigenvalue weighted by molar-refractivity contribution is 5.32. The Hall–Kier alpha value is -0.900. The first kappa shape index (κ1) is 15.0. The summed E-state index contributed by atoms with van der Waals surface area (Å²) in [6.45, 7) is 12.9. The molecule has 3 rings (SSSR count). The van der Waals surface area contributed by atoms with Gasteiger partial charge in [0.2, 0.25) is 0 Å². The lowest BCUT2D eigenvalue weighted by atomic mass is 9.90. The summed E-state index contributed by atoms with van der Waals surface area (Å²) in [5.41, 5.74) is 3.06. The van der Waals surface area contributed by atoms with Gasteiger partial charge in [-0.3, -0.25) is 4.90 Å². The molecule has 2 aliphatic rings. The van der Waals surface area contributed by atoms with Gasteiger partial charge in [-0.05, 0) is 24.5 Å². The van der Waals surface area contributed by atoms with Gasteiger partial charge in [-0.1, -0.05) is 31.2 Å². The third-order valence-electron chi connectivity index (χ3n) is 5.30. The van der Waals surface area contributed by atoms with Crippen LogP contribution in [0.2, 0.25) is 0 Å². The van der Waals surface area contributed by atoms with Crippen LogP contribution >= 0.6 is 0 Å². The second kappa shape index (κ2) is 6.91. The zero-order valence-corrected chi connectivity index (χ0v) is 13.5. The van der Waals surface area contributed by atoms with Gasteiger partial charge in [-0.2, -0.15) is 0 Å². The van der Waals surface area contributed by atoms with Crippen molar-refractivity contribution in [2.45, 2.75) is 38.8 Å². The predicted octanol–water partition coefficient (Wildman–Crippen LogP) is 2.29. The number of fused-ring (bicyclic) bond motifs is 1. The summed E-state index contributed by atoms with van der Waals surface area (Å²) in [5.74, 6) is 0.657. The van der Waals surface area contributed by atoms with Crippen molar-refractivity contribution < 1.29 is 0 Å². The number of nitrogens with one attached hydrogen (secondary N) is 1. The number of benzene rings is 1. The summed E-state index contributed by atoms with van der Waals surface area (Å²) >= 11 is 0. The third-order valence-corrected chi connectivity index (χ3v) is 5.30. The Morgan fingerprint density at radius 3 is 2.71 bits per heavy atom. The van der Waals surface area contributed by atoms with E-state index in [2.05, 4.69) is 53.2 Å². The maximum absolute atomic E-state index is 3.58. The van der Waals surface area contributed by atoms with Crippen molar-refractivity contribution in [1.82, 2.24) is 15.1 Å². The Labute approximate surface area is 129 Å². The molecule has 2 aliphatic heterocycles. The first-order chi connectivity index (χ1) is 10.3. The van der Waals surface area contributed by atoms with Gasteiger partial charge in [0.25, 0.3) is 0 Å². The molecule has 1 aromatic carbocycles. The molecule has 0 aliphatic carbocycles. The third kappa shape index (κ3) is 3.47. The van der Waals surface area contributed by atoms with Crippen LogP contribution in [0, 0.1) is 0 Å². The molecule has 21 heavy (non-hydrogen) atoms. The van der Waals surface area contributed by atoms with E-state index in [0.717, 1.165) is 19.1 Å². The molecular formula is C18H29N3. The number of hydrogen-bond acceptors (Lipinski definition) is 3. The minimum Gasteiger partial charge on any atom is -0.312 e. The average Bonchev–Trinajstić information content (AvgIpc) is 2.55. The number of hydrogen-bond donors (Lipinski definition) is 1. The topological polar surface area (TPSA) is 18.5 Å². The highest BCUT2D eigenvalue weighted by atomic mass is 15.3. The first-order valence-electron chi connectivity index (χ1n) is 8.53. The Morgan fingerprint density at radius 1 is 1.19 bits per heavy atom. The van der Waals surface area contributed by atoms with Gasteiger partial charge >= 0.3 is 0 Å². The molecule has 0 spiro atoms. The monoisotopic (exact) mass is 287 g/mol. The van der Waals surface area contributed by atoms with Gasteiger partial charge in [0, 0.05) is 57.8 Å². The summed E-state index contributed by atoms with van der Waals surface area (Å²) in [5, 5.41) is 3.58. The van der Waals surface area contributed by atoms with Crippen molar-refractivity contribution in [1.29, 1.82) is 0 Å². The average molecular weight is 287 g/mol. The van der Waals surface area contributed by atoms with E-state index in [0.29, 0.717) is 5.92 Å². The predicted molar refractivity (Wildman–Crippen MR) is 88.7 cm³/mol. The molecular weight excluding hydrogens is 258 g/mol. The van der Waals surface area contributed by atoms with Gasteiger partial charge in [0.1, 0.15) is 0 Å². The quantitative estimate of drug-likeness (QED) is 0.916. The van der Waals surface area contributed by atoms with Crippen LogP contribution in [0.1, 0.15) is 37.3 Å². The molecule has 1 aromatic rings. The molecule has 2 atom stereocenters. The summed E-state index contributed by atoms with van der Waals surface area (Å²) in [6.07, 6.45) is 1.26. The van der Waals surface area contributed by atoms with Crippen molar-refractivity contribution in [3.8, 4) is 0 Å². The molecule has 1 fully saturated rings. The Bertz CT molecular complexity index is 452. The normalized spacial score (nSPS) is 25.5. The summed E-state index contributed by atoms with van der Waals surface area (Å²) < 4.78 is 0. The van der Waals surface area contributed by atoms with Crippen LogP contribution < -0.4 is 5.32 Å². The molecule has 0 bridgehead atoms. The van der Waals surface area contributed by atoms with Crippen molar-refractivity contribution in [3.63, 3.8) is 0 Å². The van der Waals surface area contributed by atoms with Gasteiger partial charge in [-0.15, -0.1) is 0 Å². The highest BCUT2D eigenvalue weighted by Gasteiger charge is 2.25. The second-order valence-electron chi connectivity index (χ2n) is 6.62. The number of piperazine rings is 1. The molecule has 0 aromatic heterocycles. The fourth-order valence-electron chi connectivity index (χ4n) is 3.70.